The average Bonchev–Trinajstić information content (AvgIpc) is 2.54. The molecule has 0 unspecified atom stereocenters. The number of hydrazone groups is 1. The molecule has 1 N–H and O–H groups in total. The molecule has 2 rings (SSSR count). The number of nitrogens with zero attached hydrogens (tertiary/aromatic N) is 1. The third-order valence-electron chi connectivity index (χ3n) is 2.88. The van der Waals surface area contributed by atoms with Gasteiger partial charge in [0, 0.05) is 0 Å². The summed E-state index contributed by atoms with van der Waals surface area (Å²) in [4.78, 5) is 11.6. The van der Waals surface area contributed by atoms with E-state index in [9.17, 15) is 4.79 Å². The highest BCUT2D eigenvalue weighted by atomic mass is 16.5. The zero-order chi connectivity index (χ0) is 15.8. The zero-order valence-electron chi connectivity index (χ0n) is 12.6. The standard InChI is InChI=1S/C17H18N2O3/c1-13-4-3-5-16(10-13)22-12-17(20)19-18-11-14-6-8-15(21-2)9-7-14/h3-11H,12H2,1-2H3,(H,19,20). The molecule has 0 aliphatic rings. The van der Waals surface area contributed by atoms with Crippen molar-refractivity contribution >= 4 is 12.1 Å². The van der Waals surface area contributed by atoms with E-state index in [4.69, 9.17) is 9.47 Å². The molecule has 5 heteroatoms. The molecule has 0 spiro atoms. The van der Waals surface area contributed by atoms with Crippen molar-refractivity contribution in [3.05, 3.63) is 59.7 Å². The van der Waals surface area contributed by atoms with Gasteiger partial charge in [-0.2, -0.15) is 5.10 Å². The lowest BCUT2D eigenvalue weighted by Crippen LogP contribution is -2.24. The summed E-state index contributed by atoms with van der Waals surface area (Å²) >= 11 is 0. The van der Waals surface area contributed by atoms with Crippen LogP contribution in [-0.4, -0.2) is 25.8 Å². The maximum Gasteiger partial charge on any atom is 0.277 e. The number of benzene rings is 2. The van der Waals surface area contributed by atoms with Gasteiger partial charge in [0.25, 0.3) is 5.91 Å². The van der Waals surface area contributed by atoms with Gasteiger partial charge in [-0.15, -0.1) is 0 Å². The summed E-state index contributed by atoms with van der Waals surface area (Å²) in [7, 11) is 1.61. The molecule has 2 aromatic rings. The zero-order valence-corrected chi connectivity index (χ0v) is 12.6. The van der Waals surface area contributed by atoms with Crippen molar-refractivity contribution in [3.63, 3.8) is 0 Å². The highest BCUT2D eigenvalue weighted by Gasteiger charge is 2.01. The number of hydrogen-bond donors (Lipinski definition) is 1. The predicted molar refractivity (Wildman–Crippen MR) is 85.4 cm³/mol. The number of methoxy groups -OCH3 is 1. The minimum Gasteiger partial charge on any atom is -0.497 e. The van der Waals surface area contributed by atoms with Gasteiger partial charge in [0.15, 0.2) is 6.61 Å². The van der Waals surface area contributed by atoms with Gasteiger partial charge in [0.1, 0.15) is 11.5 Å². The second-order valence-corrected chi connectivity index (χ2v) is 4.67. The normalized spacial score (nSPS) is 10.5. The van der Waals surface area contributed by atoms with Crippen LogP contribution in [0.15, 0.2) is 53.6 Å². The Bertz CT molecular complexity index is 651. The van der Waals surface area contributed by atoms with Crippen molar-refractivity contribution in [2.45, 2.75) is 6.92 Å². The molecule has 0 fully saturated rings. The summed E-state index contributed by atoms with van der Waals surface area (Å²) in [6, 6.07) is 14.9. The molecule has 0 saturated carbocycles. The Kier molecular flexibility index (Phi) is 5.54. The van der Waals surface area contributed by atoms with E-state index in [1.54, 1.807) is 19.4 Å². The van der Waals surface area contributed by atoms with Crippen LogP contribution in [0.25, 0.3) is 0 Å². The minimum atomic E-state index is -0.314. The summed E-state index contributed by atoms with van der Waals surface area (Å²) < 4.78 is 10.4. The number of ether oxygens (including phenoxy) is 2. The van der Waals surface area contributed by atoms with E-state index in [0.29, 0.717) is 5.75 Å². The summed E-state index contributed by atoms with van der Waals surface area (Å²) in [6.45, 7) is 1.88. The van der Waals surface area contributed by atoms with Crippen LogP contribution in [0.5, 0.6) is 11.5 Å². The molecule has 5 nitrogen and oxygen atoms in total. The van der Waals surface area contributed by atoms with E-state index in [1.165, 1.54) is 0 Å². The summed E-state index contributed by atoms with van der Waals surface area (Å²) in [5.41, 5.74) is 4.36. The molecule has 0 aromatic heterocycles. The Hall–Kier alpha value is -2.82. The van der Waals surface area contributed by atoms with E-state index in [2.05, 4.69) is 10.5 Å². The lowest BCUT2D eigenvalue weighted by molar-refractivity contribution is -0.123. The van der Waals surface area contributed by atoms with Crippen LogP contribution in [0.4, 0.5) is 0 Å². The molecule has 114 valence electrons. The number of amides is 1. The molecule has 0 aliphatic heterocycles. The number of nitrogens with one attached hydrogen (secondary N) is 1. The summed E-state index contributed by atoms with van der Waals surface area (Å²) in [5.74, 6) is 1.12. The molecule has 2 aromatic carbocycles. The van der Waals surface area contributed by atoms with E-state index in [0.717, 1.165) is 16.9 Å². The van der Waals surface area contributed by atoms with Gasteiger partial charge in [-0.25, -0.2) is 5.43 Å². The molecule has 22 heavy (non-hydrogen) atoms. The monoisotopic (exact) mass is 298 g/mol. The minimum absolute atomic E-state index is 0.0800. The van der Waals surface area contributed by atoms with Gasteiger partial charge in [-0.3, -0.25) is 4.79 Å². The van der Waals surface area contributed by atoms with Crippen molar-refractivity contribution in [2.75, 3.05) is 13.7 Å². The average molecular weight is 298 g/mol. The van der Waals surface area contributed by atoms with Crippen LogP contribution in [0.1, 0.15) is 11.1 Å². The maximum absolute atomic E-state index is 11.6. The van der Waals surface area contributed by atoms with Crippen molar-refractivity contribution in [2.24, 2.45) is 5.10 Å². The van der Waals surface area contributed by atoms with Gasteiger partial charge in [0.2, 0.25) is 0 Å². The van der Waals surface area contributed by atoms with Crippen molar-refractivity contribution in [1.29, 1.82) is 0 Å². The molecule has 0 bridgehead atoms. The Labute approximate surface area is 129 Å². The van der Waals surface area contributed by atoms with Crippen LogP contribution in [0.2, 0.25) is 0 Å². The maximum atomic E-state index is 11.6. The molecule has 1 amide bonds. The highest BCUT2D eigenvalue weighted by Crippen LogP contribution is 2.12. The summed E-state index contributed by atoms with van der Waals surface area (Å²) in [6.07, 6.45) is 1.56. The third-order valence-corrected chi connectivity index (χ3v) is 2.88. The Morgan fingerprint density at radius 2 is 1.95 bits per heavy atom. The van der Waals surface area contributed by atoms with E-state index in [1.807, 2.05) is 49.4 Å². The lowest BCUT2D eigenvalue weighted by atomic mass is 10.2. The fourth-order valence-electron chi connectivity index (χ4n) is 1.76. The Morgan fingerprint density at radius 1 is 1.18 bits per heavy atom. The molecule has 0 heterocycles. The first kappa shape index (κ1) is 15.6. The quantitative estimate of drug-likeness (QED) is 0.658. The van der Waals surface area contributed by atoms with Crippen molar-refractivity contribution < 1.29 is 14.3 Å². The number of aryl methyl sites for hydroxylation is 1. The van der Waals surface area contributed by atoms with Gasteiger partial charge in [0.05, 0.1) is 13.3 Å². The molecule has 0 saturated heterocycles. The molecular formula is C17H18N2O3. The van der Waals surface area contributed by atoms with E-state index in [-0.39, 0.29) is 12.5 Å². The lowest BCUT2D eigenvalue weighted by Gasteiger charge is -2.05. The number of carbonyl (C=O) groups excluding carboxylic acids is 1. The third kappa shape index (κ3) is 4.94. The topological polar surface area (TPSA) is 59.9 Å². The fourth-order valence-corrected chi connectivity index (χ4v) is 1.76. The van der Waals surface area contributed by atoms with Crippen LogP contribution < -0.4 is 14.9 Å². The number of hydrogen-bond acceptors (Lipinski definition) is 4. The van der Waals surface area contributed by atoms with Gasteiger partial charge in [-0.1, -0.05) is 12.1 Å². The SMILES string of the molecule is COc1ccc(C=NNC(=O)COc2cccc(C)c2)cc1. The van der Waals surface area contributed by atoms with E-state index < -0.39 is 0 Å². The van der Waals surface area contributed by atoms with Crippen LogP contribution >= 0.6 is 0 Å². The van der Waals surface area contributed by atoms with Crippen LogP contribution in [-0.2, 0) is 4.79 Å². The van der Waals surface area contributed by atoms with Crippen molar-refractivity contribution in [3.8, 4) is 11.5 Å². The molecule has 0 aliphatic carbocycles. The van der Waals surface area contributed by atoms with Gasteiger partial charge >= 0.3 is 0 Å². The largest absolute Gasteiger partial charge is 0.497 e. The van der Waals surface area contributed by atoms with Gasteiger partial charge in [-0.05, 0) is 54.4 Å². The first-order chi connectivity index (χ1) is 10.7. The second-order valence-electron chi connectivity index (χ2n) is 4.67. The number of rotatable bonds is 6. The first-order valence-corrected chi connectivity index (χ1v) is 6.83. The van der Waals surface area contributed by atoms with E-state index >= 15 is 0 Å². The predicted octanol–water partition coefficient (Wildman–Crippen LogP) is 2.53. The number of carbonyl (C=O) groups is 1. The Balaban J connectivity index is 1.78. The highest BCUT2D eigenvalue weighted by molar-refractivity contribution is 5.83. The van der Waals surface area contributed by atoms with Crippen LogP contribution in [0.3, 0.4) is 0 Å². The molecule has 0 radical (unpaired) electrons. The summed E-state index contributed by atoms with van der Waals surface area (Å²) in [5, 5.41) is 3.88. The smallest absolute Gasteiger partial charge is 0.277 e. The van der Waals surface area contributed by atoms with Gasteiger partial charge < -0.3 is 9.47 Å². The first-order valence-electron chi connectivity index (χ1n) is 6.83. The Morgan fingerprint density at radius 3 is 2.64 bits per heavy atom. The fraction of sp³-hybridized carbons (Fsp3) is 0.176. The molecular weight excluding hydrogens is 280 g/mol. The van der Waals surface area contributed by atoms with Crippen LogP contribution in [0, 0.1) is 6.92 Å². The second kappa shape index (κ2) is 7.83. The van der Waals surface area contributed by atoms with Crippen molar-refractivity contribution in [1.82, 2.24) is 5.43 Å². The molecule has 0 atom stereocenters.